The Hall–Kier alpha value is -2.62. The number of rotatable bonds is 4. The fourth-order valence-electron chi connectivity index (χ4n) is 1.58. The van der Waals surface area contributed by atoms with Crippen molar-refractivity contribution in [3.05, 3.63) is 59.9 Å². The van der Waals surface area contributed by atoms with E-state index in [1.807, 2.05) is 0 Å². The second-order valence-corrected chi connectivity index (χ2v) is 3.86. The van der Waals surface area contributed by atoms with Gasteiger partial charge in [-0.25, -0.2) is 0 Å². The van der Waals surface area contributed by atoms with Crippen LogP contribution in [0.4, 0.5) is 0 Å². The molecule has 1 aromatic heterocycles. The zero-order valence-corrected chi connectivity index (χ0v) is 10.4. The second-order valence-electron chi connectivity index (χ2n) is 3.86. The normalized spacial score (nSPS) is 10.6. The molecule has 4 heteroatoms. The summed E-state index contributed by atoms with van der Waals surface area (Å²) < 4.78 is 5.00. The third-order valence-corrected chi connectivity index (χ3v) is 2.60. The van der Waals surface area contributed by atoms with Crippen LogP contribution in [0.3, 0.4) is 0 Å². The molecule has 0 aliphatic carbocycles. The highest BCUT2D eigenvalue weighted by Gasteiger charge is 2.02. The standard InChI is InChI=1S/C15H13NO3/c1-19-15-10-11(3-5-14(15)18)2-4-13(17)12-6-8-16-9-7-12/h2-10,18H,1H3. The molecule has 0 aliphatic rings. The van der Waals surface area contributed by atoms with Gasteiger partial charge in [0.05, 0.1) is 7.11 Å². The van der Waals surface area contributed by atoms with E-state index in [0.717, 1.165) is 5.56 Å². The van der Waals surface area contributed by atoms with Crippen LogP contribution in [0.15, 0.2) is 48.8 Å². The third kappa shape index (κ3) is 3.19. The maximum absolute atomic E-state index is 11.8. The van der Waals surface area contributed by atoms with E-state index in [2.05, 4.69) is 4.98 Å². The minimum Gasteiger partial charge on any atom is -0.504 e. The van der Waals surface area contributed by atoms with Crippen molar-refractivity contribution in [3.8, 4) is 11.5 Å². The van der Waals surface area contributed by atoms with Crippen molar-refractivity contribution in [1.82, 2.24) is 4.98 Å². The van der Waals surface area contributed by atoms with Crippen molar-refractivity contribution in [2.45, 2.75) is 0 Å². The molecule has 1 heterocycles. The van der Waals surface area contributed by atoms with Crippen molar-refractivity contribution >= 4 is 11.9 Å². The van der Waals surface area contributed by atoms with Gasteiger partial charge in [-0.2, -0.15) is 0 Å². The molecular formula is C15H13NO3. The van der Waals surface area contributed by atoms with Gasteiger partial charge in [-0.3, -0.25) is 9.78 Å². The van der Waals surface area contributed by atoms with Gasteiger partial charge in [0.15, 0.2) is 17.3 Å². The topological polar surface area (TPSA) is 59.4 Å². The molecule has 0 aliphatic heterocycles. The number of hydrogen-bond acceptors (Lipinski definition) is 4. The van der Waals surface area contributed by atoms with Crippen LogP contribution in [0, 0.1) is 0 Å². The number of benzene rings is 1. The number of aromatic hydroxyl groups is 1. The van der Waals surface area contributed by atoms with E-state index in [1.54, 1.807) is 42.7 Å². The summed E-state index contributed by atoms with van der Waals surface area (Å²) in [6, 6.07) is 8.20. The zero-order chi connectivity index (χ0) is 13.7. The molecule has 2 rings (SSSR count). The Labute approximate surface area is 111 Å². The number of pyridine rings is 1. The summed E-state index contributed by atoms with van der Waals surface area (Å²) in [6.45, 7) is 0. The van der Waals surface area contributed by atoms with E-state index in [4.69, 9.17) is 4.74 Å². The molecule has 0 bridgehead atoms. The van der Waals surface area contributed by atoms with E-state index in [-0.39, 0.29) is 11.5 Å². The zero-order valence-electron chi connectivity index (χ0n) is 10.4. The minimum absolute atomic E-state index is 0.0695. The Morgan fingerprint density at radius 1 is 1.26 bits per heavy atom. The molecule has 0 atom stereocenters. The number of aromatic nitrogens is 1. The Morgan fingerprint density at radius 3 is 2.68 bits per heavy atom. The highest BCUT2D eigenvalue weighted by molar-refractivity contribution is 6.06. The lowest BCUT2D eigenvalue weighted by atomic mass is 10.1. The summed E-state index contributed by atoms with van der Waals surface area (Å²) >= 11 is 0. The van der Waals surface area contributed by atoms with Gasteiger partial charge in [0, 0.05) is 18.0 Å². The summed E-state index contributed by atoms with van der Waals surface area (Å²) in [5.74, 6) is 0.341. The Balaban J connectivity index is 2.17. The van der Waals surface area contributed by atoms with Gasteiger partial charge in [0.1, 0.15) is 0 Å². The first-order valence-corrected chi connectivity index (χ1v) is 5.70. The summed E-state index contributed by atoms with van der Waals surface area (Å²) in [5.41, 5.74) is 1.36. The first-order chi connectivity index (χ1) is 9.20. The molecule has 96 valence electrons. The van der Waals surface area contributed by atoms with Gasteiger partial charge in [-0.05, 0) is 35.9 Å². The van der Waals surface area contributed by atoms with Crippen LogP contribution in [-0.2, 0) is 0 Å². The minimum atomic E-state index is -0.102. The van der Waals surface area contributed by atoms with Crippen LogP contribution in [0.25, 0.3) is 6.08 Å². The maximum Gasteiger partial charge on any atom is 0.185 e. The molecule has 2 aromatic rings. The van der Waals surface area contributed by atoms with Crippen LogP contribution >= 0.6 is 0 Å². The van der Waals surface area contributed by atoms with Crippen molar-refractivity contribution in [3.63, 3.8) is 0 Å². The van der Waals surface area contributed by atoms with E-state index in [9.17, 15) is 9.90 Å². The summed E-state index contributed by atoms with van der Waals surface area (Å²) in [7, 11) is 1.48. The van der Waals surface area contributed by atoms with Crippen molar-refractivity contribution in [2.24, 2.45) is 0 Å². The maximum atomic E-state index is 11.8. The van der Waals surface area contributed by atoms with Gasteiger partial charge >= 0.3 is 0 Å². The highest BCUT2D eigenvalue weighted by Crippen LogP contribution is 2.26. The second kappa shape index (κ2) is 5.82. The van der Waals surface area contributed by atoms with Crippen LogP contribution in [-0.4, -0.2) is 23.0 Å². The summed E-state index contributed by atoms with van der Waals surface area (Å²) in [4.78, 5) is 15.7. The van der Waals surface area contributed by atoms with E-state index >= 15 is 0 Å². The van der Waals surface area contributed by atoms with E-state index in [0.29, 0.717) is 11.3 Å². The number of hydrogen-bond donors (Lipinski definition) is 1. The summed E-state index contributed by atoms with van der Waals surface area (Å²) in [6.07, 6.45) is 6.29. The predicted molar refractivity (Wildman–Crippen MR) is 72.3 cm³/mol. The number of carbonyl (C=O) groups excluding carboxylic acids is 1. The van der Waals surface area contributed by atoms with Crippen molar-refractivity contribution in [1.29, 1.82) is 0 Å². The molecule has 1 N–H and O–H groups in total. The lowest BCUT2D eigenvalue weighted by Gasteiger charge is -2.03. The number of ether oxygens (including phenoxy) is 1. The number of methoxy groups -OCH3 is 1. The Morgan fingerprint density at radius 2 is 2.00 bits per heavy atom. The van der Waals surface area contributed by atoms with Crippen LogP contribution in [0.5, 0.6) is 11.5 Å². The largest absolute Gasteiger partial charge is 0.504 e. The Bertz CT molecular complexity index is 606. The van der Waals surface area contributed by atoms with Crippen LogP contribution in [0.1, 0.15) is 15.9 Å². The number of phenolic OH excluding ortho intramolecular Hbond substituents is 1. The molecule has 0 amide bonds. The highest BCUT2D eigenvalue weighted by atomic mass is 16.5. The van der Waals surface area contributed by atoms with Gasteiger partial charge < -0.3 is 9.84 Å². The molecule has 4 nitrogen and oxygen atoms in total. The molecule has 0 saturated heterocycles. The summed E-state index contributed by atoms with van der Waals surface area (Å²) in [5, 5.41) is 9.47. The molecule has 0 saturated carbocycles. The lowest BCUT2D eigenvalue weighted by molar-refractivity contribution is 0.104. The lowest BCUT2D eigenvalue weighted by Crippen LogP contribution is -1.93. The van der Waals surface area contributed by atoms with E-state index < -0.39 is 0 Å². The quantitative estimate of drug-likeness (QED) is 0.674. The molecular weight excluding hydrogens is 242 g/mol. The molecule has 0 spiro atoms. The number of allylic oxidation sites excluding steroid dienone is 1. The Kier molecular flexibility index (Phi) is 3.93. The predicted octanol–water partition coefficient (Wildman–Crippen LogP) is 2.69. The van der Waals surface area contributed by atoms with Gasteiger partial charge in [-0.1, -0.05) is 12.1 Å². The smallest absolute Gasteiger partial charge is 0.185 e. The average Bonchev–Trinajstić information content (AvgIpc) is 2.47. The monoisotopic (exact) mass is 255 g/mol. The molecule has 0 fully saturated rings. The third-order valence-electron chi connectivity index (χ3n) is 2.60. The number of phenols is 1. The van der Waals surface area contributed by atoms with Gasteiger partial charge in [0.25, 0.3) is 0 Å². The van der Waals surface area contributed by atoms with Gasteiger partial charge in [0.2, 0.25) is 0 Å². The fourth-order valence-corrected chi connectivity index (χ4v) is 1.58. The average molecular weight is 255 g/mol. The van der Waals surface area contributed by atoms with E-state index in [1.165, 1.54) is 19.3 Å². The first kappa shape index (κ1) is 12.8. The number of nitrogens with zero attached hydrogens (tertiary/aromatic N) is 1. The van der Waals surface area contributed by atoms with Crippen molar-refractivity contribution in [2.75, 3.05) is 7.11 Å². The molecule has 0 unspecified atom stereocenters. The molecule has 0 radical (unpaired) electrons. The first-order valence-electron chi connectivity index (χ1n) is 5.70. The van der Waals surface area contributed by atoms with Crippen molar-refractivity contribution < 1.29 is 14.6 Å². The molecule has 19 heavy (non-hydrogen) atoms. The molecule has 1 aromatic carbocycles. The van der Waals surface area contributed by atoms with Crippen LogP contribution < -0.4 is 4.74 Å². The van der Waals surface area contributed by atoms with Gasteiger partial charge in [-0.15, -0.1) is 0 Å². The SMILES string of the molecule is COc1cc(C=CC(=O)c2ccncc2)ccc1O. The number of carbonyl (C=O) groups is 1. The van der Waals surface area contributed by atoms with Crippen LogP contribution in [0.2, 0.25) is 0 Å². The fraction of sp³-hybridized carbons (Fsp3) is 0.0667. The number of ketones is 1.